The van der Waals surface area contributed by atoms with E-state index in [1.165, 1.54) is 0 Å². The molecular formula is C21H21NO4. The number of fused-ring (bicyclic) bond motifs is 1. The summed E-state index contributed by atoms with van der Waals surface area (Å²) in [7, 11) is 0. The summed E-state index contributed by atoms with van der Waals surface area (Å²) >= 11 is 0. The SMILES string of the molecule is CCN(CC)C(=O)Oc1ccc2oc(=O)c(-c3ccccc3)c(C)c2c1. The third kappa shape index (κ3) is 3.33. The van der Waals surface area contributed by atoms with E-state index in [0.717, 1.165) is 16.5 Å². The molecule has 3 rings (SSSR count). The van der Waals surface area contributed by atoms with Crippen LogP contribution < -0.4 is 10.4 Å². The molecule has 1 heterocycles. The summed E-state index contributed by atoms with van der Waals surface area (Å²) in [6.45, 7) is 6.83. The zero-order valence-corrected chi connectivity index (χ0v) is 15.1. The Kier molecular flexibility index (Phi) is 5.07. The van der Waals surface area contributed by atoms with Crippen LogP contribution in [0.2, 0.25) is 0 Å². The van der Waals surface area contributed by atoms with Crippen LogP contribution in [0.4, 0.5) is 4.79 Å². The number of amides is 1. The smallest absolute Gasteiger partial charge is 0.415 e. The van der Waals surface area contributed by atoms with Gasteiger partial charge in [-0.05, 0) is 50.1 Å². The molecule has 1 amide bonds. The first-order valence-corrected chi connectivity index (χ1v) is 8.64. The summed E-state index contributed by atoms with van der Waals surface area (Å²) in [5.74, 6) is 0.422. The van der Waals surface area contributed by atoms with Gasteiger partial charge in [-0.2, -0.15) is 0 Å². The van der Waals surface area contributed by atoms with E-state index in [9.17, 15) is 9.59 Å². The molecule has 0 unspecified atom stereocenters. The van der Waals surface area contributed by atoms with Gasteiger partial charge in [-0.3, -0.25) is 0 Å². The summed E-state index contributed by atoms with van der Waals surface area (Å²) in [6, 6.07) is 14.4. The molecule has 0 saturated heterocycles. The number of aryl methyl sites for hydroxylation is 1. The molecule has 0 aliphatic rings. The number of hydrogen-bond donors (Lipinski definition) is 0. The normalized spacial score (nSPS) is 10.7. The zero-order chi connectivity index (χ0) is 18.7. The Hall–Kier alpha value is -3.08. The van der Waals surface area contributed by atoms with Crippen LogP contribution in [0.1, 0.15) is 19.4 Å². The number of benzene rings is 2. The van der Waals surface area contributed by atoms with Gasteiger partial charge >= 0.3 is 11.7 Å². The Bertz CT molecular complexity index is 988. The van der Waals surface area contributed by atoms with Gasteiger partial charge in [0.25, 0.3) is 0 Å². The van der Waals surface area contributed by atoms with E-state index in [1.54, 1.807) is 23.1 Å². The zero-order valence-electron chi connectivity index (χ0n) is 15.1. The van der Waals surface area contributed by atoms with E-state index < -0.39 is 6.09 Å². The quantitative estimate of drug-likeness (QED) is 0.644. The Morgan fingerprint density at radius 2 is 1.77 bits per heavy atom. The predicted molar refractivity (Wildman–Crippen MR) is 102 cm³/mol. The highest BCUT2D eigenvalue weighted by Crippen LogP contribution is 2.29. The lowest BCUT2D eigenvalue weighted by Crippen LogP contribution is -2.33. The maximum absolute atomic E-state index is 12.4. The fourth-order valence-electron chi connectivity index (χ4n) is 2.98. The van der Waals surface area contributed by atoms with Gasteiger partial charge < -0.3 is 14.1 Å². The fraction of sp³-hybridized carbons (Fsp3) is 0.238. The van der Waals surface area contributed by atoms with Crippen molar-refractivity contribution in [3.8, 4) is 16.9 Å². The molecule has 1 aromatic heterocycles. The summed E-state index contributed by atoms with van der Waals surface area (Å²) in [6.07, 6.45) is -0.396. The van der Waals surface area contributed by atoms with Crippen molar-refractivity contribution >= 4 is 17.1 Å². The van der Waals surface area contributed by atoms with Crippen LogP contribution in [0.3, 0.4) is 0 Å². The van der Waals surface area contributed by atoms with Crippen LogP contribution in [0.5, 0.6) is 5.75 Å². The van der Waals surface area contributed by atoms with Crippen molar-refractivity contribution < 1.29 is 13.9 Å². The molecule has 0 spiro atoms. The molecule has 0 aliphatic carbocycles. The molecule has 0 radical (unpaired) electrons. The molecule has 0 N–H and O–H groups in total. The molecule has 0 atom stereocenters. The maximum atomic E-state index is 12.4. The largest absolute Gasteiger partial charge is 0.422 e. The molecule has 0 aliphatic heterocycles. The Morgan fingerprint density at radius 1 is 1.08 bits per heavy atom. The molecule has 0 saturated carbocycles. The van der Waals surface area contributed by atoms with Crippen LogP contribution in [-0.2, 0) is 0 Å². The molecule has 2 aromatic carbocycles. The Labute approximate surface area is 151 Å². The first-order chi connectivity index (χ1) is 12.5. The monoisotopic (exact) mass is 351 g/mol. The average molecular weight is 351 g/mol. The number of rotatable bonds is 4. The molecule has 0 fully saturated rings. The van der Waals surface area contributed by atoms with Crippen molar-refractivity contribution in [1.82, 2.24) is 4.90 Å². The van der Waals surface area contributed by atoms with E-state index in [2.05, 4.69) is 0 Å². The molecule has 26 heavy (non-hydrogen) atoms. The maximum Gasteiger partial charge on any atom is 0.415 e. The van der Waals surface area contributed by atoms with Crippen LogP contribution in [0, 0.1) is 6.92 Å². The van der Waals surface area contributed by atoms with Crippen LogP contribution in [0.25, 0.3) is 22.1 Å². The number of carbonyl (C=O) groups excluding carboxylic acids is 1. The summed E-state index contributed by atoms with van der Waals surface area (Å²) < 4.78 is 10.9. The third-order valence-corrected chi connectivity index (χ3v) is 4.43. The topological polar surface area (TPSA) is 59.8 Å². The van der Waals surface area contributed by atoms with E-state index in [-0.39, 0.29) is 5.63 Å². The summed E-state index contributed by atoms with van der Waals surface area (Å²) in [5, 5.41) is 0.744. The van der Waals surface area contributed by atoms with Crippen molar-refractivity contribution in [2.75, 3.05) is 13.1 Å². The van der Waals surface area contributed by atoms with Crippen molar-refractivity contribution in [3.63, 3.8) is 0 Å². The van der Waals surface area contributed by atoms with E-state index in [1.807, 2.05) is 51.1 Å². The second-order valence-corrected chi connectivity index (χ2v) is 5.95. The number of carbonyl (C=O) groups is 1. The fourth-order valence-corrected chi connectivity index (χ4v) is 2.98. The van der Waals surface area contributed by atoms with E-state index in [0.29, 0.717) is 30.0 Å². The lowest BCUT2D eigenvalue weighted by Gasteiger charge is -2.18. The summed E-state index contributed by atoms with van der Waals surface area (Å²) in [4.78, 5) is 26.2. The highest BCUT2D eigenvalue weighted by molar-refractivity contribution is 5.88. The van der Waals surface area contributed by atoms with Crippen molar-refractivity contribution in [1.29, 1.82) is 0 Å². The van der Waals surface area contributed by atoms with Gasteiger partial charge in [0, 0.05) is 18.5 Å². The van der Waals surface area contributed by atoms with Crippen LogP contribution in [-0.4, -0.2) is 24.1 Å². The highest BCUT2D eigenvalue weighted by Gasteiger charge is 2.16. The van der Waals surface area contributed by atoms with Gasteiger partial charge in [0.15, 0.2) is 0 Å². The number of nitrogens with zero attached hydrogens (tertiary/aromatic N) is 1. The molecule has 134 valence electrons. The van der Waals surface area contributed by atoms with Gasteiger partial charge in [0.05, 0.1) is 5.56 Å². The number of ether oxygens (including phenoxy) is 1. The van der Waals surface area contributed by atoms with Crippen molar-refractivity contribution in [2.24, 2.45) is 0 Å². The second kappa shape index (κ2) is 7.44. The molecule has 0 bridgehead atoms. The van der Waals surface area contributed by atoms with E-state index in [4.69, 9.17) is 9.15 Å². The third-order valence-electron chi connectivity index (χ3n) is 4.43. The van der Waals surface area contributed by atoms with Gasteiger partial charge in [0.1, 0.15) is 11.3 Å². The average Bonchev–Trinajstić information content (AvgIpc) is 2.64. The minimum Gasteiger partial charge on any atom is -0.422 e. The highest BCUT2D eigenvalue weighted by atomic mass is 16.6. The Balaban J connectivity index is 2.06. The van der Waals surface area contributed by atoms with Gasteiger partial charge in [-0.1, -0.05) is 30.3 Å². The first-order valence-electron chi connectivity index (χ1n) is 8.64. The van der Waals surface area contributed by atoms with Gasteiger partial charge in [0.2, 0.25) is 0 Å². The van der Waals surface area contributed by atoms with Gasteiger partial charge in [-0.15, -0.1) is 0 Å². The lowest BCUT2D eigenvalue weighted by molar-refractivity contribution is 0.157. The van der Waals surface area contributed by atoms with Crippen LogP contribution >= 0.6 is 0 Å². The molecule has 3 aromatic rings. The molecular weight excluding hydrogens is 330 g/mol. The number of hydrogen-bond acceptors (Lipinski definition) is 4. The lowest BCUT2D eigenvalue weighted by atomic mass is 9.99. The molecule has 5 nitrogen and oxygen atoms in total. The standard InChI is InChI=1S/C21H21NO4/c1-4-22(5-2)21(24)25-16-11-12-18-17(13-16)14(3)19(20(23)26-18)15-9-7-6-8-10-15/h6-13H,4-5H2,1-3H3. The minimum atomic E-state index is -0.396. The second-order valence-electron chi connectivity index (χ2n) is 5.95. The van der Waals surface area contributed by atoms with Crippen molar-refractivity contribution in [3.05, 3.63) is 64.5 Å². The van der Waals surface area contributed by atoms with Crippen molar-refractivity contribution in [2.45, 2.75) is 20.8 Å². The van der Waals surface area contributed by atoms with Crippen LogP contribution in [0.15, 0.2) is 57.7 Å². The Morgan fingerprint density at radius 3 is 2.42 bits per heavy atom. The summed E-state index contributed by atoms with van der Waals surface area (Å²) in [5.41, 5.74) is 2.20. The predicted octanol–water partition coefficient (Wildman–Crippen LogP) is 4.61. The van der Waals surface area contributed by atoms with E-state index >= 15 is 0 Å². The minimum absolute atomic E-state index is 0.380. The van der Waals surface area contributed by atoms with Gasteiger partial charge in [-0.25, -0.2) is 9.59 Å². The first kappa shape index (κ1) is 17.7. The molecule has 5 heteroatoms.